The van der Waals surface area contributed by atoms with Gasteiger partial charge >= 0.3 is 4.05 Å². The van der Waals surface area contributed by atoms with Crippen molar-refractivity contribution >= 4 is 43.8 Å². The molecule has 3 atom stereocenters. The minimum absolute atomic E-state index is 0.0441. The fraction of sp³-hybridized carbons (Fsp3) is 0.737. The summed E-state index contributed by atoms with van der Waals surface area (Å²) in [6, 6.07) is 0. The molecule has 5 rings (SSSR count). The molecule has 1 N–H and O–H groups in total. The molecule has 27 heavy (non-hydrogen) atoms. The van der Waals surface area contributed by atoms with Crippen LogP contribution in [0.25, 0.3) is 0 Å². The van der Waals surface area contributed by atoms with Crippen LogP contribution in [0.15, 0.2) is 22.8 Å². The zero-order valence-corrected chi connectivity index (χ0v) is 18.2. The Morgan fingerprint density at radius 1 is 1.26 bits per heavy atom. The first-order valence-corrected chi connectivity index (χ1v) is 12.2. The van der Waals surface area contributed by atoms with E-state index in [0.717, 1.165) is 43.4 Å². The largest absolute Gasteiger partial charge is 0.436 e. The zero-order chi connectivity index (χ0) is 18.6. The number of fused-ring (bicyclic) bond motifs is 1. The molecule has 5 nitrogen and oxygen atoms in total. The highest BCUT2D eigenvalue weighted by Crippen LogP contribution is 2.54. The Labute approximate surface area is 177 Å². The van der Waals surface area contributed by atoms with Crippen LogP contribution in [-0.2, 0) is 18.9 Å². The van der Waals surface area contributed by atoms with Crippen LogP contribution in [-0.4, -0.2) is 51.9 Å². The number of allylic oxidation sites excluding steroid dienone is 2. The molecule has 2 aliphatic heterocycles. The SMILES string of the molecule is O=C1CCC(C2CCC3=CC4(CCC3=C2CO)OCCO4)[C@]12CSB(I)O2. The summed E-state index contributed by atoms with van der Waals surface area (Å²) < 4.78 is 18.0. The maximum Gasteiger partial charge on any atom is 0.436 e. The van der Waals surface area contributed by atoms with Crippen LogP contribution >= 0.6 is 34.0 Å². The smallest absolute Gasteiger partial charge is 0.404 e. The van der Waals surface area contributed by atoms with Gasteiger partial charge in [0.15, 0.2) is 11.6 Å². The lowest BCUT2D eigenvalue weighted by Crippen LogP contribution is -2.47. The average Bonchev–Trinajstić information content (AvgIpc) is 3.36. The van der Waals surface area contributed by atoms with Crippen molar-refractivity contribution in [3.05, 3.63) is 22.8 Å². The van der Waals surface area contributed by atoms with Crippen molar-refractivity contribution < 1.29 is 24.0 Å². The van der Waals surface area contributed by atoms with Gasteiger partial charge in [-0.05, 0) is 54.4 Å². The van der Waals surface area contributed by atoms with Crippen molar-refractivity contribution in [2.24, 2.45) is 11.8 Å². The van der Waals surface area contributed by atoms with E-state index in [9.17, 15) is 9.90 Å². The Balaban J connectivity index is 1.49. The molecule has 2 unspecified atom stereocenters. The van der Waals surface area contributed by atoms with Crippen LogP contribution in [0.2, 0.25) is 0 Å². The fourth-order valence-corrected chi connectivity index (χ4v) is 7.82. The predicted molar refractivity (Wildman–Crippen MR) is 113 cm³/mol. The van der Waals surface area contributed by atoms with Crippen LogP contribution in [0.5, 0.6) is 0 Å². The first kappa shape index (κ1) is 19.1. The molecule has 0 amide bonds. The summed E-state index contributed by atoms with van der Waals surface area (Å²) >= 11 is 4.00. The summed E-state index contributed by atoms with van der Waals surface area (Å²) in [5.74, 6) is 0.885. The molecular weight excluding hydrogens is 478 g/mol. The van der Waals surface area contributed by atoms with E-state index >= 15 is 0 Å². The van der Waals surface area contributed by atoms with Crippen LogP contribution in [0, 0.1) is 11.8 Å². The van der Waals surface area contributed by atoms with E-state index in [1.165, 1.54) is 11.1 Å². The number of aliphatic hydroxyl groups is 1. The summed E-state index contributed by atoms with van der Waals surface area (Å²) in [6.07, 6.45) is 7.23. The number of ether oxygens (including phenoxy) is 2. The van der Waals surface area contributed by atoms with Crippen molar-refractivity contribution in [3.63, 3.8) is 0 Å². The van der Waals surface area contributed by atoms with Gasteiger partial charge in [-0.3, -0.25) is 4.79 Å². The highest BCUT2D eigenvalue weighted by atomic mass is 127. The molecule has 0 bridgehead atoms. The van der Waals surface area contributed by atoms with Crippen molar-refractivity contribution in [3.8, 4) is 0 Å². The Morgan fingerprint density at radius 2 is 2.07 bits per heavy atom. The monoisotopic (exact) mass is 502 g/mol. The van der Waals surface area contributed by atoms with Crippen molar-refractivity contribution in [1.29, 1.82) is 0 Å². The molecule has 1 saturated carbocycles. The number of carbonyl (C=O) groups is 1. The second-order valence-electron chi connectivity index (χ2n) is 8.15. The number of aliphatic hydroxyl groups excluding tert-OH is 1. The maximum absolute atomic E-state index is 12.8. The molecule has 2 saturated heterocycles. The van der Waals surface area contributed by atoms with Crippen LogP contribution < -0.4 is 0 Å². The molecule has 0 aromatic rings. The molecule has 146 valence electrons. The van der Waals surface area contributed by atoms with E-state index < -0.39 is 11.4 Å². The Morgan fingerprint density at radius 3 is 2.78 bits per heavy atom. The topological polar surface area (TPSA) is 65.0 Å². The molecule has 2 heterocycles. The van der Waals surface area contributed by atoms with Gasteiger partial charge in [-0.15, -0.1) is 0 Å². The van der Waals surface area contributed by atoms with Gasteiger partial charge in [-0.1, -0.05) is 22.4 Å². The number of carbonyl (C=O) groups excluding carboxylic acids is 1. The molecule has 0 aromatic carbocycles. The van der Waals surface area contributed by atoms with Gasteiger partial charge in [0, 0.05) is 24.5 Å². The summed E-state index contributed by atoms with van der Waals surface area (Å²) in [4.78, 5) is 12.8. The molecule has 3 aliphatic carbocycles. The molecule has 0 aromatic heterocycles. The number of hydrogen-bond donors (Lipinski definition) is 1. The second kappa shape index (κ2) is 7.13. The van der Waals surface area contributed by atoms with Gasteiger partial charge in [0.25, 0.3) is 0 Å². The van der Waals surface area contributed by atoms with E-state index in [-0.39, 0.29) is 28.3 Å². The third kappa shape index (κ3) is 3.01. The molecule has 0 radical (unpaired) electrons. The van der Waals surface area contributed by atoms with Crippen molar-refractivity contribution in [2.75, 3.05) is 25.6 Å². The molecular formula is C19H24BIO5S. The third-order valence-electron chi connectivity index (χ3n) is 6.98. The molecule has 2 spiro atoms. The normalized spacial score (nSPS) is 38.2. The number of hydrogen-bond acceptors (Lipinski definition) is 6. The first-order valence-electron chi connectivity index (χ1n) is 9.86. The van der Waals surface area contributed by atoms with Gasteiger partial charge in [0.2, 0.25) is 0 Å². The highest BCUT2D eigenvalue weighted by Gasteiger charge is 2.58. The third-order valence-corrected chi connectivity index (χ3v) is 9.27. The molecule has 8 heteroatoms. The van der Waals surface area contributed by atoms with Crippen LogP contribution in [0.4, 0.5) is 0 Å². The van der Waals surface area contributed by atoms with E-state index in [4.69, 9.17) is 14.1 Å². The fourth-order valence-electron chi connectivity index (χ4n) is 5.77. The van der Waals surface area contributed by atoms with Gasteiger partial charge < -0.3 is 19.2 Å². The van der Waals surface area contributed by atoms with Gasteiger partial charge in [0.1, 0.15) is 5.60 Å². The van der Waals surface area contributed by atoms with Gasteiger partial charge in [-0.25, -0.2) is 0 Å². The number of ketones is 1. The maximum atomic E-state index is 12.8. The standard InChI is InChI=1S/C19H24BIO5S/c21-20-26-19(11-27-20)16(3-4-17(19)23)14-2-1-12-9-18(24-7-8-25-18)6-5-13(12)15(14)10-22/h9,14,16,22H,1-8,10-11H2/t14?,16?,19-/m1/s1. The zero-order valence-electron chi connectivity index (χ0n) is 15.2. The summed E-state index contributed by atoms with van der Waals surface area (Å²) in [6.45, 7) is 1.36. The van der Waals surface area contributed by atoms with Crippen molar-refractivity contribution in [2.45, 2.75) is 49.9 Å². The lowest BCUT2D eigenvalue weighted by atomic mass is 9.67. The quantitative estimate of drug-likeness (QED) is 0.463. The number of halogens is 1. The first-order chi connectivity index (χ1) is 13.1. The highest BCUT2D eigenvalue weighted by molar-refractivity contribution is 14.1. The van der Waals surface area contributed by atoms with E-state index in [2.05, 4.69) is 28.5 Å². The lowest BCUT2D eigenvalue weighted by molar-refractivity contribution is -0.131. The Kier molecular flexibility index (Phi) is 5.05. The Hall–Kier alpha value is 0.135. The number of rotatable bonds is 2. The van der Waals surface area contributed by atoms with Crippen molar-refractivity contribution in [1.82, 2.24) is 0 Å². The average molecular weight is 502 g/mol. The summed E-state index contributed by atoms with van der Waals surface area (Å²) in [7, 11) is 0. The van der Waals surface area contributed by atoms with Crippen LogP contribution in [0.1, 0.15) is 38.5 Å². The van der Waals surface area contributed by atoms with E-state index in [0.29, 0.717) is 19.6 Å². The van der Waals surface area contributed by atoms with Crippen LogP contribution in [0.3, 0.4) is 0 Å². The minimum atomic E-state index is -0.642. The molecule has 3 fully saturated rings. The van der Waals surface area contributed by atoms with Gasteiger partial charge in [-0.2, -0.15) is 11.6 Å². The number of Topliss-reactive ketones (excluding diaryl/α,β-unsaturated/α-hetero) is 1. The van der Waals surface area contributed by atoms with E-state index in [1.807, 2.05) is 0 Å². The second-order valence-corrected chi connectivity index (χ2v) is 11.2. The Bertz CT molecular complexity index is 719. The minimum Gasteiger partial charge on any atom is -0.404 e. The lowest BCUT2D eigenvalue weighted by Gasteiger charge is -2.42. The summed E-state index contributed by atoms with van der Waals surface area (Å²) in [5, 5.41) is 10.3. The van der Waals surface area contributed by atoms with E-state index in [1.54, 1.807) is 11.6 Å². The predicted octanol–water partition coefficient (Wildman–Crippen LogP) is 3.05. The molecule has 5 aliphatic rings. The van der Waals surface area contributed by atoms with Gasteiger partial charge in [0.05, 0.1) is 19.8 Å². The summed E-state index contributed by atoms with van der Waals surface area (Å²) in [5.41, 5.74) is 3.04.